The van der Waals surface area contributed by atoms with E-state index in [4.69, 9.17) is 4.74 Å². The van der Waals surface area contributed by atoms with Crippen LogP contribution in [0.15, 0.2) is 36.7 Å². The lowest BCUT2D eigenvalue weighted by atomic mass is 10.0. The molecule has 4 nitrogen and oxygen atoms in total. The van der Waals surface area contributed by atoms with Crippen LogP contribution in [0.2, 0.25) is 0 Å². The van der Waals surface area contributed by atoms with Gasteiger partial charge in [-0.15, -0.1) is 0 Å². The molecular formula is C16H21N3O. The monoisotopic (exact) mass is 271 g/mol. The SMILES string of the molecule is CNC(c1cccc(OC(C)C)c1)c1cnc(C)cn1. The molecule has 2 aromatic rings. The second kappa shape index (κ2) is 6.48. The first-order valence-electron chi connectivity index (χ1n) is 6.82. The largest absolute Gasteiger partial charge is 0.491 e. The standard InChI is InChI=1S/C16H21N3O/c1-11(2)20-14-7-5-6-13(8-14)16(17-4)15-10-18-12(3)9-19-15/h5-11,16-17H,1-4H3. The second-order valence-electron chi connectivity index (χ2n) is 5.04. The van der Waals surface area contributed by atoms with Gasteiger partial charge in [0.05, 0.1) is 29.7 Å². The smallest absolute Gasteiger partial charge is 0.120 e. The molecule has 4 heteroatoms. The molecule has 0 spiro atoms. The van der Waals surface area contributed by atoms with Gasteiger partial charge in [0.15, 0.2) is 0 Å². The van der Waals surface area contributed by atoms with Gasteiger partial charge in [-0.25, -0.2) is 0 Å². The van der Waals surface area contributed by atoms with Crippen molar-refractivity contribution < 1.29 is 4.74 Å². The molecular weight excluding hydrogens is 250 g/mol. The number of aryl methyl sites for hydroxylation is 1. The zero-order valence-electron chi connectivity index (χ0n) is 12.4. The predicted molar refractivity (Wildman–Crippen MR) is 79.9 cm³/mol. The molecule has 1 aromatic heterocycles. The maximum atomic E-state index is 5.74. The Kier molecular flexibility index (Phi) is 4.69. The summed E-state index contributed by atoms with van der Waals surface area (Å²) < 4.78 is 5.74. The number of rotatable bonds is 5. The summed E-state index contributed by atoms with van der Waals surface area (Å²) in [5.41, 5.74) is 2.93. The van der Waals surface area contributed by atoms with E-state index in [9.17, 15) is 0 Å². The molecule has 1 unspecified atom stereocenters. The zero-order valence-corrected chi connectivity index (χ0v) is 12.4. The summed E-state index contributed by atoms with van der Waals surface area (Å²) in [6.45, 7) is 5.98. The van der Waals surface area contributed by atoms with E-state index in [1.807, 2.05) is 52.2 Å². The van der Waals surface area contributed by atoms with Crippen molar-refractivity contribution in [3.05, 3.63) is 53.6 Å². The number of nitrogens with zero attached hydrogens (tertiary/aromatic N) is 2. The van der Waals surface area contributed by atoms with E-state index < -0.39 is 0 Å². The molecule has 106 valence electrons. The van der Waals surface area contributed by atoms with Crippen LogP contribution in [-0.4, -0.2) is 23.1 Å². The van der Waals surface area contributed by atoms with Gasteiger partial charge in [0, 0.05) is 6.20 Å². The third-order valence-electron chi connectivity index (χ3n) is 2.95. The van der Waals surface area contributed by atoms with Crippen molar-refractivity contribution in [2.75, 3.05) is 7.05 Å². The molecule has 0 aliphatic carbocycles. The van der Waals surface area contributed by atoms with Gasteiger partial charge in [0.1, 0.15) is 5.75 Å². The number of hydrogen-bond acceptors (Lipinski definition) is 4. The van der Waals surface area contributed by atoms with Crippen LogP contribution < -0.4 is 10.1 Å². The molecule has 20 heavy (non-hydrogen) atoms. The Bertz CT molecular complexity index is 552. The minimum atomic E-state index is 0.0128. The Labute approximate surface area is 120 Å². The average molecular weight is 271 g/mol. The summed E-state index contributed by atoms with van der Waals surface area (Å²) in [4.78, 5) is 8.76. The van der Waals surface area contributed by atoms with Crippen LogP contribution in [-0.2, 0) is 0 Å². The Morgan fingerprint density at radius 3 is 2.55 bits per heavy atom. The molecule has 0 bridgehead atoms. The molecule has 1 heterocycles. The highest BCUT2D eigenvalue weighted by molar-refractivity contribution is 5.34. The number of hydrogen-bond donors (Lipinski definition) is 1. The third kappa shape index (κ3) is 3.54. The highest BCUT2D eigenvalue weighted by Gasteiger charge is 2.14. The second-order valence-corrected chi connectivity index (χ2v) is 5.04. The first-order valence-corrected chi connectivity index (χ1v) is 6.82. The van der Waals surface area contributed by atoms with Crippen LogP contribution in [0.3, 0.4) is 0 Å². The molecule has 1 N–H and O–H groups in total. The van der Waals surface area contributed by atoms with Gasteiger partial charge in [-0.3, -0.25) is 9.97 Å². The number of nitrogens with one attached hydrogen (secondary N) is 1. The molecule has 0 amide bonds. The molecule has 0 saturated heterocycles. The van der Waals surface area contributed by atoms with E-state index in [1.54, 1.807) is 6.20 Å². The van der Waals surface area contributed by atoms with Crippen molar-refractivity contribution in [2.24, 2.45) is 0 Å². The quantitative estimate of drug-likeness (QED) is 0.908. The van der Waals surface area contributed by atoms with Crippen molar-refractivity contribution in [2.45, 2.75) is 32.9 Å². The van der Waals surface area contributed by atoms with Crippen molar-refractivity contribution in [1.82, 2.24) is 15.3 Å². The predicted octanol–water partition coefficient (Wildman–Crippen LogP) is 2.88. The van der Waals surface area contributed by atoms with E-state index in [0.29, 0.717) is 0 Å². The normalized spacial score (nSPS) is 12.4. The summed E-state index contributed by atoms with van der Waals surface area (Å²) in [6.07, 6.45) is 3.76. The molecule has 0 aliphatic heterocycles. The fourth-order valence-electron chi connectivity index (χ4n) is 2.08. The van der Waals surface area contributed by atoms with E-state index in [2.05, 4.69) is 21.4 Å². The van der Waals surface area contributed by atoms with Crippen LogP contribution in [0, 0.1) is 6.92 Å². The highest BCUT2D eigenvalue weighted by Crippen LogP contribution is 2.24. The summed E-state index contributed by atoms with van der Waals surface area (Å²) in [5, 5.41) is 3.28. The van der Waals surface area contributed by atoms with Crippen LogP contribution in [0.4, 0.5) is 0 Å². The van der Waals surface area contributed by atoms with Gasteiger partial charge in [-0.05, 0) is 45.5 Å². The molecule has 1 atom stereocenters. The van der Waals surface area contributed by atoms with Crippen LogP contribution in [0.25, 0.3) is 0 Å². The molecule has 0 aliphatic rings. The molecule has 0 fully saturated rings. The van der Waals surface area contributed by atoms with Gasteiger partial charge in [-0.2, -0.15) is 0 Å². The topological polar surface area (TPSA) is 47.0 Å². The Morgan fingerprint density at radius 2 is 1.95 bits per heavy atom. The van der Waals surface area contributed by atoms with Crippen molar-refractivity contribution >= 4 is 0 Å². The Hall–Kier alpha value is -1.94. The van der Waals surface area contributed by atoms with Crippen molar-refractivity contribution in [3.8, 4) is 5.75 Å². The highest BCUT2D eigenvalue weighted by atomic mass is 16.5. The van der Waals surface area contributed by atoms with E-state index in [0.717, 1.165) is 22.7 Å². The van der Waals surface area contributed by atoms with E-state index >= 15 is 0 Å². The lowest BCUT2D eigenvalue weighted by Gasteiger charge is -2.17. The van der Waals surface area contributed by atoms with Gasteiger partial charge >= 0.3 is 0 Å². The third-order valence-corrected chi connectivity index (χ3v) is 2.95. The molecule has 0 radical (unpaired) electrons. The molecule has 2 rings (SSSR count). The van der Waals surface area contributed by atoms with E-state index in [1.165, 1.54) is 0 Å². The number of ether oxygens (including phenoxy) is 1. The lowest BCUT2D eigenvalue weighted by molar-refractivity contribution is 0.242. The molecule has 1 aromatic carbocycles. The fourth-order valence-corrected chi connectivity index (χ4v) is 2.08. The first kappa shape index (κ1) is 14.5. The summed E-state index contributed by atoms with van der Waals surface area (Å²) in [5.74, 6) is 0.873. The lowest BCUT2D eigenvalue weighted by Crippen LogP contribution is -2.19. The maximum absolute atomic E-state index is 5.74. The van der Waals surface area contributed by atoms with E-state index in [-0.39, 0.29) is 12.1 Å². The minimum absolute atomic E-state index is 0.0128. The van der Waals surface area contributed by atoms with Gasteiger partial charge in [-0.1, -0.05) is 12.1 Å². The van der Waals surface area contributed by atoms with Crippen LogP contribution in [0.1, 0.15) is 36.8 Å². The van der Waals surface area contributed by atoms with Crippen LogP contribution >= 0.6 is 0 Å². The Balaban J connectivity index is 2.29. The minimum Gasteiger partial charge on any atom is -0.491 e. The Morgan fingerprint density at radius 1 is 1.15 bits per heavy atom. The van der Waals surface area contributed by atoms with Crippen LogP contribution in [0.5, 0.6) is 5.75 Å². The van der Waals surface area contributed by atoms with Gasteiger partial charge < -0.3 is 10.1 Å². The number of aromatic nitrogens is 2. The zero-order chi connectivity index (χ0) is 14.5. The van der Waals surface area contributed by atoms with Gasteiger partial charge in [0.25, 0.3) is 0 Å². The summed E-state index contributed by atoms with van der Waals surface area (Å²) in [7, 11) is 1.92. The fraction of sp³-hybridized carbons (Fsp3) is 0.375. The van der Waals surface area contributed by atoms with Gasteiger partial charge in [0.2, 0.25) is 0 Å². The number of benzene rings is 1. The summed E-state index contributed by atoms with van der Waals surface area (Å²) >= 11 is 0. The maximum Gasteiger partial charge on any atom is 0.120 e. The summed E-state index contributed by atoms with van der Waals surface area (Å²) in [6, 6.07) is 8.09. The van der Waals surface area contributed by atoms with Crippen molar-refractivity contribution in [3.63, 3.8) is 0 Å². The van der Waals surface area contributed by atoms with Crippen molar-refractivity contribution in [1.29, 1.82) is 0 Å². The average Bonchev–Trinajstić information content (AvgIpc) is 2.41. The first-order chi connectivity index (χ1) is 9.60. The molecule has 0 saturated carbocycles.